The van der Waals surface area contributed by atoms with Gasteiger partial charge in [0.15, 0.2) is 5.17 Å². The molecule has 0 atom stereocenters. The second-order valence-corrected chi connectivity index (χ2v) is 7.25. The Kier molecular flexibility index (Phi) is 5.82. The van der Waals surface area contributed by atoms with Crippen LogP contribution in [0.15, 0.2) is 53.5 Å². The molecular weight excluding hydrogens is 363 g/mol. The number of thioether (sulfide) groups is 1. The minimum atomic E-state index is -0.0902. The Bertz CT molecular complexity index is 765. The zero-order chi connectivity index (χ0) is 16.9. The number of aliphatic imine (C=N–C) groups is 1. The predicted octanol–water partition coefficient (Wildman–Crippen LogP) is 5.13. The third-order valence-corrected chi connectivity index (χ3v) is 5.48. The van der Waals surface area contributed by atoms with Crippen molar-refractivity contribution in [3.8, 4) is 0 Å². The largest absolute Gasteiger partial charge is 0.287 e. The second kappa shape index (κ2) is 8.06. The monoisotopic (exact) mass is 378 g/mol. The van der Waals surface area contributed by atoms with Gasteiger partial charge in [-0.2, -0.15) is 0 Å². The molecule has 1 amide bonds. The third-order valence-electron chi connectivity index (χ3n) is 3.64. The molecule has 1 saturated heterocycles. The van der Waals surface area contributed by atoms with Gasteiger partial charge in [-0.3, -0.25) is 14.7 Å². The smallest absolute Gasteiger partial charge is 0.259 e. The molecule has 0 spiro atoms. The average molecular weight is 379 g/mol. The summed E-state index contributed by atoms with van der Waals surface area (Å²) in [6.07, 6.45) is 0.947. The van der Waals surface area contributed by atoms with E-state index in [-0.39, 0.29) is 5.91 Å². The van der Waals surface area contributed by atoms with Crippen LogP contribution in [-0.4, -0.2) is 28.3 Å². The second-order valence-electron chi connectivity index (χ2n) is 5.37. The van der Waals surface area contributed by atoms with Gasteiger partial charge in [-0.15, -0.1) is 0 Å². The SMILES string of the molecule is O=C(c1ccc(Cl)c(Cl)c1)N1CCCSC1=NCc1ccccc1. The van der Waals surface area contributed by atoms with Gasteiger partial charge in [0.1, 0.15) is 0 Å². The highest BCUT2D eigenvalue weighted by molar-refractivity contribution is 8.13. The number of carbonyl (C=O) groups excluding carboxylic acids is 1. The Labute approximate surface area is 155 Å². The first-order valence-corrected chi connectivity index (χ1v) is 9.37. The highest BCUT2D eigenvalue weighted by Gasteiger charge is 2.25. The summed E-state index contributed by atoms with van der Waals surface area (Å²) < 4.78 is 0. The quantitative estimate of drug-likeness (QED) is 0.741. The summed E-state index contributed by atoms with van der Waals surface area (Å²) in [5, 5.41) is 1.59. The zero-order valence-corrected chi connectivity index (χ0v) is 15.2. The number of nitrogens with zero attached hydrogens (tertiary/aromatic N) is 2. The molecule has 0 saturated carbocycles. The van der Waals surface area contributed by atoms with E-state index < -0.39 is 0 Å². The molecule has 24 heavy (non-hydrogen) atoms. The minimum absolute atomic E-state index is 0.0902. The van der Waals surface area contributed by atoms with E-state index in [1.54, 1.807) is 34.9 Å². The third kappa shape index (κ3) is 4.12. The summed E-state index contributed by atoms with van der Waals surface area (Å²) in [5.41, 5.74) is 1.65. The van der Waals surface area contributed by atoms with E-state index in [1.165, 1.54) is 0 Å². The van der Waals surface area contributed by atoms with Crippen molar-refractivity contribution in [1.82, 2.24) is 4.90 Å². The average Bonchev–Trinajstić information content (AvgIpc) is 2.63. The first-order chi connectivity index (χ1) is 11.6. The molecule has 3 rings (SSSR count). The topological polar surface area (TPSA) is 32.7 Å². The molecule has 6 heteroatoms. The van der Waals surface area contributed by atoms with E-state index in [2.05, 4.69) is 4.99 Å². The molecule has 0 bridgehead atoms. The summed E-state index contributed by atoms with van der Waals surface area (Å²) in [6, 6.07) is 15.0. The summed E-state index contributed by atoms with van der Waals surface area (Å²) in [6.45, 7) is 1.23. The molecule has 1 heterocycles. The maximum absolute atomic E-state index is 12.8. The van der Waals surface area contributed by atoms with Crippen LogP contribution in [0.1, 0.15) is 22.3 Å². The Morgan fingerprint density at radius 2 is 1.92 bits per heavy atom. The Morgan fingerprint density at radius 3 is 2.67 bits per heavy atom. The molecule has 0 aromatic heterocycles. The van der Waals surface area contributed by atoms with Crippen molar-refractivity contribution >= 4 is 46.0 Å². The lowest BCUT2D eigenvalue weighted by atomic mass is 10.2. The minimum Gasteiger partial charge on any atom is -0.287 e. The van der Waals surface area contributed by atoms with Gasteiger partial charge in [0.25, 0.3) is 5.91 Å². The van der Waals surface area contributed by atoms with E-state index in [9.17, 15) is 4.79 Å². The predicted molar refractivity (Wildman–Crippen MR) is 102 cm³/mol. The summed E-state index contributed by atoms with van der Waals surface area (Å²) in [5.74, 6) is 0.881. The lowest BCUT2D eigenvalue weighted by Crippen LogP contribution is -2.39. The number of amides is 1. The maximum atomic E-state index is 12.8. The number of carbonyl (C=O) groups is 1. The molecular formula is C18H16Cl2N2OS. The van der Waals surface area contributed by atoms with Crippen molar-refractivity contribution < 1.29 is 4.79 Å². The molecule has 0 radical (unpaired) electrons. The summed E-state index contributed by atoms with van der Waals surface area (Å²) in [7, 11) is 0. The molecule has 0 unspecified atom stereocenters. The summed E-state index contributed by atoms with van der Waals surface area (Å²) in [4.78, 5) is 19.2. The number of halogens is 2. The van der Waals surface area contributed by atoms with Crippen molar-refractivity contribution in [2.75, 3.05) is 12.3 Å². The first kappa shape index (κ1) is 17.3. The molecule has 3 nitrogen and oxygen atoms in total. The van der Waals surface area contributed by atoms with Gasteiger partial charge in [-0.1, -0.05) is 65.3 Å². The normalized spacial score (nSPS) is 16.4. The molecule has 124 valence electrons. The van der Waals surface area contributed by atoms with E-state index in [4.69, 9.17) is 23.2 Å². The molecule has 2 aromatic rings. The van der Waals surface area contributed by atoms with Gasteiger partial charge in [0, 0.05) is 17.9 Å². The molecule has 1 fully saturated rings. The highest BCUT2D eigenvalue weighted by Crippen LogP contribution is 2.25. The Morgan fingerprint density at radius 1 is 1.12 bits per heavy atom. The number of rotatable bonds is 3. The number of hydrogen-bond donors (Lipinski definition) is 0. The maximum Gasteiger partial charge on any atom is 0.259 e. The first-order valence-electron chi connectivity index (χ1n) is 7.63. The molecule has 1 aliphatic heterocycles. The van der Waals surface area contributed by atoms with E-state index >= 15 is 0 Å². The van der Waals surface area contributed by atoms with Gasteiger partial charge in [0.05, 0.1) is 16.6 Å². The van der Waals surface area contributed by atoms with Crippen molar-refractivity contribution in [3.63, 3.8) is 0 Å². The lowest BCUT2D eigenvalue weighted by Gasteiger charge is -2.28. The van der Waals surface area contributed by atoms with Crippen LogP contribution < -0.4 is 0 Å². The molecule has 2 aromatic carbocycles. The van der Waals surface area contributed by atoms with E-state index in [0.717, 1.165) is 22.9 Å². The van der Waals surface area contributed by atoms with E-state index in [1.807, 2.05) is 30.3 Å². The van der Waals surface area contributed by atoms with Gasteiger partial charge in [-0.05, 0) is 30.2 Å². The van der Waals surface area contributed by atoms with Crippen LogP contribution in [0.5, 0.6) is 0 Å². The van der Waals surface area contributed by atoms with Crippen LogP contribution in [0, 0.1) is 0 Å². The fraction of sp³-hybridized carbons (Fsp3) is 0.222. The molecule has 0 N–H and O–H groups in total. The van der Waals surface area contributed by atoms with Gasteiger partial charge >= 0.3 is 0 Å². The number of benzene rings is 2. The lowest BCUT2D eigenvalue weighted by molar-refractivity contribution is 0.0849. The van der Waals surface area contributed by atoms with Crippen molar-refractivity contribution in [2.45, 2.75) is 13.0 Å². The molecule has 0 aliphatic carbocycles. The fourth-order valence-corrected chi connectivity index (χ4v) is 3.65. The van der Waals surface area contributed by atoms with Gasteiger partial charge in [-0.25, -0.2) is 0 Å². The summed E-state index contributed by atoms with van der Waals surface area (Å²) >= 11 is 13.6. The molecule has 1 aliphatic rings. The van der Waals surface area contributed by atoms with Gasteiger partial charge in [0.2, 0.25) is 0 Å². The number of hydrogen-bond acceptors (Lipinski definition) is 3. The Balaban J connectivity index is 1.80. The zero-order valence-electron chi connectivity index (χ0n) is 12.9. The van der Waals surface area contributed by atoms with Gasteiger partial charge < -0.3 is 0 Å². The van der Waals surface area contributed by atoms with Crippen LogP contribution >= 0.6 is 35.0 Å². The van der Waals surface area contributed by atoms with Crippen LogP contribution in [0.2, 0.25) is 10.0 Å². The van der Waals surface area contributed by atoms with Crippen molar-refractivity contribution in [1.29, 1.82) is 0 Å². The van der Waals surface area contributed by atoms with Crippen molar-refractivity contribution in [2.24, 2.45) is 4.99 Å². The van der Waals surface area contributed by atoms with Crippen LogP contribution in [0.25, 0.3) is 0 Å². The van der Waals surface area contributed by atoms with Crippen LogP contribution in [0.4, 0.5) is 0 Å². The van der Waals surface area contributed by atoms with Crippen molar-refractivity contribution in [3.05, 3.63) is 69.7 Å². The van der Waals surface area contributed by atoms with Crippen LogP contribution in [-0.2, 0) is 6.54 Å². The standard InChI is InChI=1S/C18H16Cl2N2OS/c19-15-8-7-14(11-16(15)20)17(23)22-9-4-10-24-18(22)21-12-13-5-2-1-3-6-13/h1-3,5-8,11H,4,9-10,12H2. The number of amidine groups is 1. The van der Waals surface area contributed by atoms with Crippen LogP contribution in [0.3, 0.4) is 0 Å². The highest BCUT2D eigenvalue weighted by atomic mass is 35.5. The Hall–Kier alpha value is -1.49. The fourth-order valence-electron chi connectivity index (χ4n) is 2.41. The van der Waals surface area contributed by atoms with E-state index in [0.29, 0.717) is 28.7 Å².